The van der Waals surface area contributed by atoms with Crippen LogP contribution in [0.4, 0.5) is 0 Å². The summed E-state index contributed by atoms with van der Waals surface area (Å²) >= 11 is 0. The summed E-state index contributed by atoms with van der Waals surface area (Å²) in [5, 5.41) is 0. The fourth-order valence-corrected chi connectivity index (χ4v) is 1.76. The maximum atomic E-state index is 5.89. The Morgan fingerprint density at radius 3 is 2.20 bits per heavy atom. The highest BCUT2D eigenvalue weighted by molar-refractivity contribution is 5.08. The third kappa shape index (κ3) is 1.20. The summed E-state index contributed by atoms with van der Waals surface area (Å²) in [7, 11) is 0. The van der Waals surface area contributed by atoms with Crippen LogP contribution in [0.1, 0.15) is 40.0 Å². The Kier molecular flexibility index (Phi) is 2.04. The molecule has 0 unspecified atom stereocenters. The molecule has 0 spiro atoms. The maximum Gasteiger partial charge on any atom is 0.0128 e. The largest absolute Gasteiger partial charge is 0.327 e. The molecule has 1 aliphatic rings. The van der Waals surface area contributed by atoms with Gasteiger partial charge >= 0.3 is 0 Å². The van der Waals surface area contributed by atoms with E-state index < -0.39 is 0 Å². The van der Waals surface area contributed by atoms with Crippen LogP contribution in [0, 0.1) is 11.3 Å². The predicted molar refractivity (Wildman–Crippen MR) is 44.8 cm³/mol. The highest BCUT2D eigenvalue weighted by Gasteiger charge is 2.54. The zero-order valence-corrected chi connectivity index (χ0v) is 7.35. The molecule has 2 atom stereocenters. The van der Waals surface area contributed by atoms with E-state index in [0.717, 1.165) is 5.92 Å². The SMILES string of the molecule is CCCC[C@H]1[C@H](N)C1(C)C. The molecule has 1 fully saturated rings. The summed E-state index contributed by atoms with van der Waals surface area (Å²) in [6, 6.07) is 0.485. The van der Waals surface area contributed by atoms with Crippen LogP contribution in [0.5, 0.6) is 0 Å². The summed E-state index contributed by atoms with van der Waals surface area (Å²) < 4.78 is 0. The monoisotopic (exact) mass is 141 g/mol. The van der Waals surface area contributed by atoms with Gasteiger partial charge in [-0.05, 0) is 17.8 Å². The van der Waals surface area contributed by atoms with Gasteiger partial charge in [-0.3, -0.25) is 0 Å². The standard InChI is InChI=1S/C9H19N/c1-4-5-6-7-8(10)9(7,2)3/h7-8H,4-6,10H2,1-3H3/t7-,8-/m0/s1. The molecule has 0 amide bonds. The van der Waals surface area contributed by atoms with Gasteiger partial charge in [0.1, 0.15) is 0 Å². The van der Waals surface area contributed by atoms with Crippen LogP contribution in [0.25, 0.3) is 0 Å². The van der Waals surface area contributed by atoms with Crippen LogP contribution in [-0.4, -0.2) is 6.04 Å². The van der Waals surface area contributed by atoms with Gasteiger partial charge in [0.05, 0.1) is 0 Å². The first-order valence-corrected chi connectivity index (χ1v) is 4.36. The second kappa shape index (κ2) is 2.54. The van der Waals surface area contributed by atoms with Crippen molar-refractivity contribution >= 4 is 0 Å². The molecule has 0 aromatic rings. The molecule has 60 valence electrons. The third-order valence-corrected chi connectivity index (χ3v) is 3.01. The number of unbranched alkanes of at least 4 members (excludes halogenated alkanes) is 1. The van der Waals surface area contributed by atoms with E-state index >= 15 is 0 Å². The summed E-state index contributed by atoms with van der Waals surface area (Å²) in [6.45, 7) is 6.79. The number of hydrogen-bond donors (Lipinski definition) is 1. The van der Waals surface area contributed by atoms with Crippen molar-refractivity contribution in [1.29, 1.82) is 0 Å². The number of rotatable bonds is 3. The van der Waals surface area contributed by atoms with Crippen molar-refractivity contribution in [1.82, 2.24) is 0 Å². The quantitative estimate of drug-likeness (QED) is 0.640. The van der Waals surface area contributed by atoms with E-state index in [-0.39, 0.29) is 0 Å². The van der Waals surface area contributed by atoms with Crippen molar-refractivity contribution in [2.75, 3.05) is 0 Å². The van der Waals surface area contributed by atoms with Crippen LogP contribution >= 0.6 is 0 Å². The minimum Gasteiger partial charge on any atom is -0.327 e. The first-order valence-electron chi connectivity index (χ1n) is 4.36. The van der Waals surface area contributed by atoms with Crippen LogP contribution < -0.4 is 5.73 Å². The summed E-state index contributed by atoms with van der Waals surface area (Å²) in [4.78, 5) is 0. The van der Waals surface area contributed by atoms with Gasteiger partial charge in [0.25, 0.3) is 0 Å². The van der Waals surface area contributed by atoms with E-state index in [2.05, 4.69) is 20.8 Å². The summed E-state index contributed by atoms with van der Waals surface area (Å²) in [5.41, 5.74) is 6.34. The first-order chi connectivity index (χ1) is 4.60. The lowest BCUT2D eigenvalue weighted by molar-refractivity contribution is 0.514. The van der Waals surface area contributed by atoms with Crippen molar-refractivity contribution in [2.45, 2.75) is 46.1 Å². The van der Waals surface area contributed by atoms with Gasteiger partial charge in [-0.15, -0.1) is 0 Å². The Morgan fingerprint density at radius 1 is 1.40 bits per heavy atom. The molecule has 0 heterocycles. The van der Waals surface area contributed by atoms with Crippen molar-refractivity contribution < 1.29 is 0 Å². The number of hydrogen-bond acceptors (Lipinski definition) is 1. The molecule has 1 rings (SSSR count). The van der Waals surface area contributed by atoms with E-state index in [1.165, 1.54) is 19.3 Å². The Hall–Kier alpha value is -0.0400. The molecule has 0 saturated heterocycles. The normalized spacial score (nSPS) is 36.0. The lowest BCUT2D eigenvalue weighted by Crippen LogP contribution is -2.06. The molecular weight excluding hydrogens is 122 g/mol. The molecule has 2 N–H and O–H groups in total. The molecule has 0 aromatic heterocycles. The second-order valence-electron chi connectivity index (χ2n) is 4.10. The van der Waals surface area contributed by atoms with Gasteiger partial charge in [-0.2, -0.15) is 0 Å². The van der Waals surface area contributed by atoms with Crippen molar-refractivity contribution in [3.63, 3.8) is 0 Å². The Balaban J connectivity index is 2.22. The van der Waals surface area contributed by atoms with Gasteiger partial charge < -0.3 is 5.73 Å². The minimum atomic E-state index is 0.454. The van der Waals surface area contributed by atoms with Gasteiger partial charge in [-0.1, -0.05) is 33.6 Å². The Labute approximate surface area is 64.0 Å². The van der Waals surface area contributed by atoms with Gasteiger partial charge in [-0.25, -0.2) is 0 Å². The van der Waals surface area contributed by atoms with E-state index in [1.807, 2.05) is 0 Å². The van der Waals surface area contributed by atoms with Crippen LogP contribution in [0.2, 0.25) is 0 Å². The highest BCUT2D eigenvalue weighted by Crippen LogP contribution is 2.52. The second-order valence-corrected chi connectivity index (χ2v) is 4.10. The van der Waals surface area contributed by atoms with Crippen LogP contribution in [0.15, 0.2) is 0 Å². The maximum absolute atomic E-state index is 5.89. The van der Waals surface area contributed by atoms with Crippen LogP contribution in [0.3, 0.4) is 0 Å². The van der Waals surface area contributed by atoms with Gasteiger partial charge in [0.2, 0.25) is 0 Å². The molecule has 0 bridgehead atoms. The molecule has 1 aliphatic carbocycles. The molecule has 1 nitrogen and oxygen atoms in total. The zero-order chi connectivity index (χ0) is 7.78. The number of nitrogens with two attached hydrogens (primary N) is 1. The smallest absolute Gasteiger partial charge is 0.0128 e. The zero-order valence-electron chi connectivity index (χ0n) is 7.35. The Morgan fingerprint density at radius 2 is 1.90 bits per heavy atom. The summed E-state index contributed by atoms with van der Waals surface area (Å²) in [5.74, 6) is 0.812. The van der Waals surface area contributed by atoms with E-state index in [4.69, 9.17) is 5.73 Å². The third-order valence-electron chi connectivity index (χ3n) is 3.01. The first kappa shape index (κ1) is 8.06. The fourth-order valence-electron chi connectivity index (χ4n) is 1.76. The molecule has 1 heteroatoms. The molecule has 0 radical (unpaired) electrons. The fraction of sp³-hybridized carbons (Fsp3) is 1.00. The van der Waals surface area contributed by atoms with Crippen molar-refractivity contribution in [2.24, 2.45) is 17.1 Å². The van der Waals surface area contributed by atoms with E-state index in [0.29, 0.717) is 11.5 Å². The van der Waals surface area contributed by atoms with E-state index in [9.17, 15) is 0 Å². The minimum absolute atomic E-state index is 0.454. The Bertz CT molecular complexity index is 118. The lowest BCUT2D eigenvalue weighted by atomic mass is 10.1. The van der Waals surface area contributed by atoms with E-state index in [1.54, 1.807) is 0 Å². The highest BCUT2D eigenvalue weighted by atomic mass is 14.8. The van der Waals surface area contributed by atoms with Gasteiger partial charge in [0.15, 0.2) is 0 Å². The van der Waals surface area contributed by atoms with Crippen molar-refractivity contribution in [3.8, 4) is 0 Å². The molecule has 1 saturated carbocycles. The topological polar surface area (TPSA) is 26.0 Å². The summed E-state index contributed by atoms with van der Waals surface area (Å²) in [6.07, 6.45) is 3.99. The molecule has 10 heavy (non-hydrogen) atoms. The predicted octanol–water partition coefficient (Wildman–Crippen LogP) is 2.16. The average Bonchev–Trinajstić information content (AvgIpc) is 2.31. The van der Waals surface area contributed by atoms with Gasteiger partial charge in [0, 0.05) is 6.04 Å². The molecule has 0 aliphatic heterocycles. The average molecular weight is 141 g/mol. The lowest BCUT2D eigenvalue weighted by Gasteiger charge is -1.99. The van der Waals surface area contributed by atoms with Crippen molar-refractivity contribution in [3.05, 3.63) is 0 Å². The molecule has 0 aromatic carbocycles. The van der Waals surface area contributed by atoms with Crippen LogP contribution in [-0.2, 0) is 0 Å². The molecular formula is C9H19N.